The molecule has 0 nitrogen and oxygen atoms in total. The van der Waals surface area contributed by atoms with Gasteiger partial charge in [-0.2, -0.15) is 0 Å². The van der Waals surface area contributed by atoms with Crippen LogP contribution in [0, 0.1) is 17.8 Å². The molecule has 172 valence electrons. The molecule has 0 aromatic carbocycles. The Balaban J connectivity index is 4.74. The summed E-state index contributed by atoms with van der Waals surface area (Å²) in [4.78, 5) is 0. The Morgan fingerprint density at radius 2 is 1.37 bits per heavy atom. The maximum absolute atomic E-state index is 3.95. The third-order valence-corrected chi connectivity index (χ3v) is 6.01. The van der Waals surface area contributed by atoms with Gasteiger partial charge in [-0.3, -0.25) is 0 Å². The van der Waals surface area contributed by atoms with Gasteiger partial charge in [-0.25, -0.2) is 0 Å². The fourth-order valence-electron chi connectivity index (χ4n) is 3.57. The Kier molecular flexibility index (Phi) is 16.6. The molecule has 0 aliphatic heterocycles. The Morgan fingerprint density at radius 1 is 0.767 bits per heavy atom. The van der Waals surface area contributed by atoms with Gasteiger partial charge in [0.25, 0.3) is 0 Å². The fourth-order valence-corrected chi connectivity index (χ4v) is 3.57. The highest BCUT2D eigenvalue weighted by molar-refractivity contribution is 5.15. The number of hydrogen-bond acceptors (Lipinski definition) is 0. The van der Waals surface area contributed by atoms with Crippen LogP contribution in [0.25, 0.3) is 0 Å². The third kappa shape index (κ3) is 16.5. The maximum Gasteiger partial charge on any atom is -0.0134 e. The van der Waals surface area contributed by atoms with Crippen LogP contribution >= 0.6 is 0 Å². The first-order valence-corrected chi connectivity index (χ1v) is 12.4. The average molecular weight is 413 g/mol. The molecule has 0 aliphatic rings. The first-order chi connectivity index (χ1) is 14.1. The van der Waals surface area contributed by atoms with Crippen molar-refractivity contribution in [1.82, 2.24) is 0 Å². The van der Waals surface area contributed by atoms with E-state index in [9.17, 15) is 0 Å². The molecule has 0 fully saturated rings. The van der Waals surface area contributed by atoms with Gasteiger partial charge in [0.1, 0.15) is 0 Å². The standard InChI is InChI=1S/C30H52/c1-10-26(6)20-22-30(29(9)19-12-15-25(4)5)23-21-28(8)18-13-17-27(7)16-11-14-24(2)3/h10,14,17,21-22,25-26,29H,1,11-13,15-16,18-20,23H2,2-9H3/b27-17+,28-21-,30-22+/t26-,29+/m0/s1. The van der Waals surface area contributed by atoms with E-state index < -0.39 is 0 Å². The van der Waals surface area contributed by atoms with Crippen molar-refractivity contribution < 1.29 is 0 Å². The van der Waals surface area contributed by atoms with E-state index in [4.69, 9.17) is 0 Å². The van der Waals surface area contributed by atoms with Crippen LogP contribution in [0.15, 0.2) is 59.3 Å². The van der Waals surface area contributed by atoms with Crippen LogP contribution in [-0.4, -0.2) is 0 Å². The summed E-state index contributed by atoms with van der Waals surface area (Å²) >= 11 is 0. The average Bonchev–Trinajstić information content (AvgIpc) is 2.66. The molecule has 0 N–H and O–H groups in total. The van der Waals surface area contributed by atoms with E-state index in [0.717, 1.165) is 18.8 Å². The van der Waals surface area contributed by atoms with Gasteiger partial charge >= 0.3 is 0 Å². The molecule has 0 amide bonds. The lowest BCUT2D eigenvalue weighted by atomic mass is 9.89. The molecule has 0 aromatic heterocycles. The molecule has 0 heteroatoms. The summed E-state index contributed by atoms with van der Waals surface area (Å²) in [6.45, 7) is 22.2. The van der Waals surface area contributed by atoms with Crippen molar-refractivity contribution >= 4 is 0 Å². The minimum Gasteiger partial charge on any atom is -0.103 e. The van der Waals surface area contributed by atoms with E-state index in [1.165, 1.54) is 61.7 Å². The molecule has 2 atom stereocenters. The largest absolute Gasteiger partial charge is 0.103 e. The van der Waals surface area contributed by atoms with Crippen molar-refractivity contribution in [1.29, 1.82) is 0 Å². The van der Waals surface area contributed by atoms with Crippen molar-refractivity contribution in [3.8, 4) is 0 Å². The first-order valence-electron chi connectivity index (χ1n) is 12.4. The highest BCUT2D eigenvalue weighted by Gasteiger charge is 2.09. The Bertz CT molecular complexity index is 575. The summed E-state index contributed by atoms with van der Waals surface area (Å²) in [7, 11) is 0. The van der Waals surface area contributed by atoms with Gasteiger partial charge < -0.3 is 0 Å². The molecule has 0 saturated carbocycles. The van der Waals surface area contributed by atoms with Crippen LogP contribution in [0.5, 0.6) is 0 Å². The second kappa shape index (κ2) is 17.4. The zero-order chi connectivity index (χ0) is 22.9. The van der Waals surface area contributed by atoms with Crippen molar-refractivity contribution in [3.63, 3.8) is 0 Å². The summed E-state index contributed by atoms with van der Waals surface area (Å²) in [5.74, 6) is 2.06. The molecule has 30 heavy (non-hydrogen) atoms. The highest BCUT2D eigenvalue weighted by Crippen LogP contribution is 2.25. The monoisotopic (exact) mass is 412 g/mol. The number of allylic oxidation sites excluding steroid dienone is 9. The van der Waals surface area contributed by atoms with E-state index in [2.05, 4.69) is 92.3 Å². The minimum atomic E-state index is 0.562. The summed E-state index contributed by atoms with van der Waals surface area (Å²) in [6, 6.07) is 0. The van der Waals surface area contributed by atoms with E-state index in [1.54, 1.807) is 5.57 Å². The normalized spacial score (nSPS) is 15.3. The van der Waals surface area contributed by atoms with Crippen LogP contribution in [0.3, 0.4) is 0 Å². The summed E-state index contributed by atoms with van der Waals surface area (Å²) in [5, 5.41) is 0. The zero-order valence-electron chi connectivity index (χ0n) is 21.7. The van der Waals surface area contributed by atoms with Crippen LogP contribution in [0.4, 0.5) is 0 Å². The van der Waals surface area contributed by atoms with Gasteiger partial charge in [0.2, 0.25) is 0 Å². The number of rotatable bonds is 16. The summed E-state index contributed by atoms with van der Waals surface area (Å²) < 4.78 is 0. The molecule has 0 unspecified atom stereocenters. The summed E-state index contributed by atoms with van der Waals surface area (Å²) in [6.07, 6.45) is 22.8. The molecular weight excluding hydrogens is 360 g/mol. The molecule has 0 bridgehead atoms. The van der Waals surface area contributed by atoms with Crippen molar-refractivity contribution in [2.75, 3.05) is 0 Å². The van der Waals surface area contributed by atoms with Gasteiger partial charge in [-0.15, -0.1) is 6.58 Å². The van der Waals surface area contributed by atoms with Crippen molar-refractivity contribution in [2.45, 2.75) is 113 Å². The third-order valence-electron chi connectivity index (χ3n) is 6.01. The molecule has 0 rings (SSSR count). The first kappa shape index (κ1) is 28.7. The van der Waals surface area contributed by atoms with E-state index in [0.29, 0.717) is 11.8 Å². The Morgan fingerprint density at radius 3 is 1.93 bits per heavy atom. The topological polar surface area (TPSA) is 0 Å². The maximum atomic E-state index is 3.95. The van der Waals surface area contributed by atoms with E-state index in [-0.39, 0.29) is 0 Å². The predicted molar refractivity (Wildman–Crippen MR) is 140 cm³/mol. The van der Waals surface area contributed by atoms with Gasteiger partial charge in [-0.1, -0.05) is 93.2 Å². The summed E-state index contributed by atoms with van der Waals surface area (Å²) in [5.41, 5.74) is 6.10. The molecule has 0 radical (unpaired) electrons. The van der Waals surface area contributed by atoms with E-state index in [1.807, 2.05) is 0 Å². The minimum absolute atomic E-state index is 0.562. The Hall–Kier alpha value is -1.30. The SMILES string of the molecule is C=C[C@H](C)C/C=C(\C/C=C(/C)CC/C=C(\C)CCC=C(C)C)[C@H](C)CCCC(C)C. The van der Waals surface area contributed by atoms with Gasteiger partial charge in [0.15, 0.2) is 0 Å². The lowest BCUT2D eigenvalue weighted by molar-refractivity contribution is 0.487. The van der Waals surface area contributed by atoms with Gasteiger partial charge in [0, 0.05) is 0 Å². The second-order valence-electron chi connectivity index (χ2n) is 10.1. The second-order valence-corrected chi connectivity index (χ2v) is 10.1. The smallest absolute Gasteiger partial charge is 0.0134 e. The predicted octanol–water partition coefficient (Wildman–Crippen LogP) is 10.4. The fraction of sp³-hybridized carbons (Fsp3) is 0.667. The highest BCUT2D eigenvalue weighted by atomic mass is 14.1. The van der Waals surface area contributed by atoms with Gasteiger partial charge in [0.05, 0.1) is 0 Å². The van der Waals surface area contributed by atoms with Crippen LogP contribution in [0.1, 0.15) is 113 Å². The lowest BCUT2D eigenvalue weighted by Crippen LogP contribution is -2.02. The van der Waals surface area contributed by atoms with Crippen LogP contribution < -0.4 is 0 Å². The molecule has 0 spiro atoms. The van der Waals surface area contributed by atoms with Crippen molar-refractivity contribution in [2.24, 2.45) is 17.8 Å². The van der Waals surface area contributed by atoms with Gasteiger partial charge in [-0.05, 0) is 90.4 Å². The molecule has 0 aliphatic carbocycles. The van der Waals surface area contributed by atoms with Crippen LogP contribution in [0.2, 0.25) is 0 Å². The zero-order valence-corrected chi connectivity index (χ0v) is 21.7. The molecular formula is C30H52. The molecule has 0 aromatic rings. The molecule has 0 heterocycles. The van der Waals surface area contributed by atoms with Crippen LogP contribution in [-0.2, 0) is 0 Å². The van der Waals surface area contributed by atoms with Crippen molar-refractivity contribution in [3.05, 3.63) is 59.3 Å². The van der Waals surface area contributed by atoms with E-state index >= 15 is 0 Å². The Labute approximate surface area is 190 Å². The molecule has 0 saturated heterocycles. The quantitative estimate of drug-likeness (QED) is 0.221. The number of hydrogen-bond donors (Lipinski definition) is 0. The lowest BCUT2D eigenvalue weighted by Gasteiger charge is -2.17.